The van der Waals surface area contributed by atoms with Gasteiger partial charge in [0.2, 0.25) is 11.8 Å². The lowest BCUT2D eigenvalue weighted by Crippen LogP contribution is -2.42. The Kier molecular flexibility index (Phi) is 5.93. The maximum atomic E-state index is 12.8. The summed E-state index contributed by atoms with van der Waals surface area (Å²) in [5.74, 6) is 0.403. The lowest BCUT2D eigenvalue weighted by atomic mass is 9.94. The minimum atomic E-state index is 0.0563. The van der Waals surface area contributed by atoms with E-state index < -0.39 is 0 Å². The van der Waals surface area contributed by atoms with Crippen LogP contribution in [0.5, 0.6) is 0 Å². The highest BCUT2D eigenvalue weighted by Gasteiger charge is 2.25. The van der Waals surface area contributed by atoms with Crippen LogP contribution in [0.1, 0.15) is 19.3 Å². The Bertz CT molecular complexity index is 963. The molecule has 2 aromatic heterocycles. The van der Waals surface area contributed by atoms with Crippen LogP contribution in [0.4, 0.5) is 0 Å². The van der Waals surface area contributed by atoms with E-state index in [4.69, 9.17) is 0 Å². The van der Waals surface area contributed by atoms with Gasteiger partial charge in [-0.15, -0.1) is 0 Å². The van der Waals surface area contributed by atoms with Gasteiger partial charge in [-0.1, -0.05) is 18.2 Å². The largest absolute Gasteiger partial charge is 0.354 e. The van der Waals surface area contributed by atoms with Gasteiger partial charge in [0.1, 0.15) is 6.54 Å². The molecule has 1 aliphatic rings. The smallest absolute Gasteiger partial charge is 0.242 e. The number of amides is 2. The summed E-state index contributed by atoms with van der Waals surface area (Å²) in [7, 11) is 0. The van der Waals surface area contributed by atoms with Crippen molar-refractivity contribution < 1.29 is 9.59 Å². The fraction of sp³-hybridized carbons (Fsp3) is 0.409. The van der Waals surface area contributed by atoms with Crippen molar-refractivity contribution in [2.45, 2.75) is 32.4 Å². The molecule has 2 amide bonds. The number of carbonyl (C=O) groups excluding carboxylic acids is 2. The first kappa shape index (κ1) is 19.2. The van der Waals surface area contributed by atoms with Crippen molar-refractivity contribution in [1.29, 1.82) is 0 Å². The van der Waals surface area contributed by atoms with Gasteiger partial charge >= 0.3 is 0 Å². The number of nitrogens with one attached hydrogen (secondary N) is 1. The number of para-hydroxylation sites is 1. The highest BCUT2D eigenvalue weighted by atomic mass is 16.2. The van der Waals surface area contributed by atoms with E-state index in [1.54, 1.807) is 12.5 Å². The van der Waals surface area contributed by atoms with Gasteiger partial charge in [-0.2, -0.15) is 0 Å². The molecule has 1 unspecified atom stereocenters. The molecular weight excluding hydrogens is 366 g/mol. The predicted octanol–water partition coefficient (Wildman–Crippen LogP) is 2.28. The van der Waals surface area contributed by atoms with Crippen LogP contribution in [0.25, 0.3) is 10.9 Å². The number of aromatic nitrogens is 3. The molecule has 7 heteroatoms. The van der Waals surface area contributed by atoms with Crippen molar-refractivity contribution in [3.05, 3.63) is 55.2 Å². The van der Waals surface area contributed by atoms with Gasteiger partial charge in [0.05, 0.1) is 6.33 Å². The van der Waals surface area contributed by atoms with Crippen LogP contribution in [0.3, 0.4) is 0 Å². The van der Waals surface area contributed by atoms with E-state index in [0.717, 1.165) is 30.3 Å². The molecule has 4 rings (SSSR count). The number of hydrogen-bond donors (Lipinski definition) is 1. The third-order valence-corrected chi connectivity index (χ3v) is 5.58. The summed E-state index contributed by atoms with van der Waals surface area (Å²) in [6.45, 7) is 3.08. The quantitative estimate of drug-likeness (QED) is 0.669. The van der Waals surface area contributed by atoms with Crippen molar-refractivity contribution in [1.82, 2.24) is 24.3 Å². The van der Waals surface area contributed by atoms with Crippen molar-refractivity contribution >= 4 is 22.7 Å². The lowest BCUT2D eigenvalue weighted by molar-refractivity contribution is -0.134. The van der Waals surface area contributed by atoms with Crippen LogP contribution in [0.2, 0.25) is 0 Å². The minimum Gasteiger partial charge on any atom is -0.354 e. The first-order valence-electron chi connectivity index (χ1n) is 10.2. The van der Waals surface area contributed by atoms with Gasteiger partial charge in [-0.3, -0.25) is 9.59 Å². The molecule has 0 bridgehead atoms. The zero-order valence-corrected chi connectivity index (χ0v) is 16.5. The summed E-state index contributed by atoms with van der Waals surface area (Å²) in [5, 5.41) is 4.12. The maximum Gasteiger partial charge on any atom is 0.242 e. The monoisotopic (exact) mass is 393 g/mol. The topological polar surface area (TPSA) is 72.2 Å². The Hall–Kier alpha value is -3.09. The SMILES string of the molecule is O=C(CC1CCCN(C(=O)Cn2ccc3ccccc32)C1)NCCn1ccnc1. The first-order chi connectivity index (χ1) is 14.2. The Morgan fingerprint density at radius 3 is 2.93 bits per heavy atom. The van der Waals surface area contributed by atoms with Crippen LogP contribution in [-0.4, -0.2) is 50.5 Å². The Balaban J connectivity index is 1.26. The Labute approximate surface area is 170 Å². The summed E-state index contributed by atoms with van der Waals surface area (Å²) >= 11 is 0. The number of nitrogens with zero attached hydrogens (tertiary/aromatic N) is 4. The predicted molar refractivity (Wildman–Crippen MR) is 111 cm³/mol. The molecule has 0 spiro atoms. The van der Waals surface area contributed by atoms with E-state index in [9.17, 15) is 9.59 Å². The Morgan fingerprint density at radius 2 is 2.07 bits per heavy atom. The molecule has 0 aliphatic carbocycles. The van der Waals surface area contributed by atoms with Gasteiger partial charge in [-0.25, -0.2) is 4.98 Å². The molecule has 7 nitrogen and oxygen atoms in total. The molecule has 1 atom stereocenters. The Morgan fingerprint density at radius 1 is 1.17 bits per heavy atom. The zero-order valence-electron chi connectivity index (χ0n) is 16.5. The van der Waals surface area contributed by atoms with Crippen LogP contribution < -0.4 is 5.32 Å². The molecule has 0 radical (unpaired) electrons. The van der Waals surface area contributed by atoms with Crippen molar-refractivity contribution in [2.24, 2.45) is 5.92 Å². The van der Waals surface area contributed by atoms with E-state index >= 15 is 0 Å². The van der Waals surface area contributed by atoms with Crippen molar-refractivity contribution in [3.8, 4) is 0 Å². The molecule has 0 saturated carbocycles. The minimum absolute atomic E-state index is 0.0563. The summed E-state index contributed by atoms with van der Waals surface area (Å²) in [4.78, 5) is 31.0. The van der Waals surface area contributed by atoms with Gasteiger partial charge in [0, 0.05) is 56.7 Å². The summed E-state index contributed by atoms with van der Waals surface area (Å²) in [6.07, 6.45) is 9.73. The average Bonchev–Trinajstić information content (AvgIpc) is 3.39. The molecule has 1 saturated heterocycles. The number of piperidine rings is 1. The second kappa shape index (κ2) is 8.94. The fourth-order valence-corrected chi connectivity index (χ4v) is 4.06. The van der Waals surface area contributed by atoms with Crippen LogP contribution >= 0.6 is 0 Å². The van der Waals surface area contributed by atoms with Gasteiger partial charge in [0.25, 0.3) is 0 Å². The number of likely N-dealkylation sites (tertiary alicyclic amines) is 1. The number of carbonyl (C=O) groups is 2. The van der Waals surface area contributed by atoms with Crippen LogP contribution in [0.15, 0.2) is 55.2 Å². The molecule has 29 heavy (non-hydrogen) atoms. The van der Waals surface area contributed by atoms with E-state index in [2.05, 4.69) is 16.4 Å². The van der Waals surface area contributed by atoms with E-state index in [-0.39, 0.29) is 17.7 Å². The number of hydrogen-bond acceptors (Lipinski definition) is 3. The second-order valence-corrected chi connectivity index (χ2v) is 7.71. The molecular formula is C22H27N5O2. The number of fused-ring (bicyclic) bond motifs is 1. The van der Waals surface area contributed by atoms with E-state index in [1.165, 1.54) is 0 Å². The molecule has 3 heterocycles. The molecule has 152 valence electrons. The van der Waals surface area contributed by atoms with E-state index in [0.29, 0.717) is 32.6 Å². The van der Waals surface area contributed by atoms with Crippen molar-refractivity contribution in [2.75, 3.05) is 19.6 Å². The highest BCUT2D eigenvalue weighted by molar-refractivity contribution is 5.83. The zero-order chi connectivity index (χ0) is 20.1. The molecule has 1 aromatic carbocycles. The lowest BCUT2D eigenvalue weighted by Gasteiger charge is -2.32. The normalized spacial score (nSPS) is 16.8. The maximum absolute atomic E-state index is 12.8. The second-order valence-electron chi connectivity index (χ2n) is 7.71. The van der Waals surface area contributed by atoms with Crippen LogP contribution in [-0.2, 0) is 22.7 Å². The first-order valence-corrected chi connectivity index (χ1v) is 10.2. The third-order valence-electron chi connectivity index (χ3n) is 5.58. The number of rotatable bonds is 7. The summed E-state index contributed by atoms with van der Waals surface area (Å²) in [5.41, 5.74) is 1.08. The molecule has 1 N–H and O–H groups in total. The van der Waals surface area contributed by atoms with E-state index in [1.807, 2.05) is 50.7 Å². The third kappa shape index (κ3) is 4.85. The summed E-state index contributed by atoms with van der Waals surface area (Å²) in [6, 6.07) is 10.1. The summed E-state index contributed by atoms with van der Waals surface area (Å²) < 4.78 is 3.94. The van der Waals surface area contributed by atoms with Crippen molar-refractivity contribution in [3.63, 3.8) is 0 Å². The average molecular weight is 393 g/mol. The molecule has 1 fully saturated rings. The van der Waals surface area contributed by atoms with Gasteiger partial charge in [-0.05, 0) is 36.3 Å². The van der Waals surface area contributed by atoms with Gasteiger partial charge in [0.15, 0.2) is 0 Å². The highest BCUT2D eigenvalue weighted by Crippen LogP contribution is 2.21. The number of benzene rings is 1. The molecule has 3 aromatic rings. The fourth-order valence-electron chi connectivity index (χ4n) is 4.06. The van der Waals surface area contributed by atoms with Crippen LogP contribution in [0, 0.1) is 5.92 Å². The van der Waals surface area contributed by atoms with Gasteiger partial charge < -0.3 is 19.4 Å². The standard InChI is InChI=1S/C22H27N5O2/c28-21(24-9-13-25-12-8-23-17-25)14-18-4-3-10-27(15-18)22(29)16-26-11-7-19-5-1-2-6-20(19)26/h1-2,5-8,11-12,17-18H,3-4,9-10,13-16H2,(H,24,28). The number of imidazole rings is 1. The molecule has 1 aliphatic heterocycles.